The fourth-order valence-electron chi connectivity index (χ4n) is 1.41. The molecule has 1 aromatic carbocycles. The summed E-state index contributed by atoms with van der Waals surface area (Å²) in [6, 6.07) is 8.80. The molecule has 0 bridgehead atoms. The van der Waals surface area contributed by atoms with Crippen molar-refractivity contribution in [1.82, 2.24) is 0 Å². The maximum absolute atomic E-state index is 8.64. The van der Waals surface area contributed by atoms with E-state index in [1.165, 1.54) is 29.1 Å². The molecule has 1 aromatic rings. The molecule has 3 heteroatoms. The van der Waals surface area contributed by atoms with Crippen LogP contribution in [0.25, 0.3) is 0 Å². The Balaban J connectivity index is 1.95. The van der Waals surface area contributed by atoms with Crippen LogP contribution < -0.4 is 0 Å². The number of rotatable bonds is 9. The standard InChI is InChI=1S/C14H22OS2/c1-13-4-6-14(7-5-13)12-17-11-3-10-16-9-2-8-15/h4-7,15H,2-3,8-12H2,1H3. The van der Waals surface area contributed by atoms with Crippen LogP contribution in [0.1, 0.15) is 24.0 Å². The van der Waals surface area contributed by atoms with Gasteiger partial charge in [0.25, 0.3) is 0 Å². The van der Waals surface area contributed by atoms with Crippen molar-refractivity contribution in [2.24, 2.45) is 0 Å². The van der Waals surface area contributed by atoms with E-state index in [2.05, 4.69) is 31.2 Å². The Kier molecular flexibility index (Phi) is 8.67. The maximum atomic E-state index is 8.64. The lowest BCUT2D eigenvalue weighted by molar-refractivity contribution is 0.296. The van der Waals surface area contributed by atoms with E-state index in [0.29, 0.717) is 6.61 Å². The molecule has 1 N–H and O–H groups in total. The number of thioether (sulfide) groups is 2. The van der Waals surface area contributed by atoms with E-state index in [1.807, 2.05) is 23.5 Å². The van der Waals surface area contributed by atoms with Crippen LogP contribution in [0, 0.1) is 6.92 Å². The summed E-state index contributed by atoms with van der Waals surface area (Å²) in [7, 11) is 0. The Hall–Kier alpha value is -0.120. The van der Waals surface area contributed by atoms with Crippen molar-refractivity contribution >= 4 is 23.5 Å². The van der Waals surface area contributed by atoms with Crippen LogP contribution in [0.4, 0.5) is 0 Å². The van der Waals surface area contributed by atoms with Gasteiger partial charge >= 0.3 is 0 Å². The molecule has 0 aromatic heterocycles. The van der Waals surface area contributed by atoms with Crippen molar-refractivity contribution < 1.29 is 5.11 Å². The lowest BCUT2D eigenvalue weighted by Crippen LogP contribution is -1.90. The second kappa shape index (κ2) is 9.86. The van der Waals surface area contributed by atoms with E-state index in [0.717, 1.165) is 17.9 Å². The van der Waals surface area contributed by atoms with Gasteiger partial charge in [-0.3, -0.25) is 0 Å². The Morgan fingerprint density at radius 3 is 2.29 bits per heavy atom. The minimum atomic E-state index is 0.329. The number of aliphatic hydroxyl groups excluding tert-OH is 1. The molecule has 0 radical (unpaired) electrons. The zero-order chi connectivity index (χ0) is 12.3. The summed E-state index contributed by atoms with van der Waals surface area (Å²) >= 11 is 3.97. The van der Waals surface area contributed by atoms with Gasteiger partial charge in [-0.25, -0.2) is 0 Å². The highest BCUT2D eigenvalue weighted by Gasteiger charge is 1.94. The van der Waals surface area contributed by atoms with E-state index in [9.17, 15) is 0 Å². The molecular formula is C14H22OS2. The number of aliphatic hydroxyl groups is 1. The monoisotopic (exact) mass is 270 g/mol. The van der Waals surface area contributed by atoms with Crippen molar-refractivity contribution in [2.45, 2.75) is 25.5 Å². The lowest BCUT2D eigenvalue weighted by atomic mass is 10.2. The predicted octanol–water partition coefficient (Wildman–Crippen LogP) is 3.73. The highest BCUT2D eigenvalue weighted by atomic mass is 32.2. The highest BCUT2D eigenvalue weighted by Crippen LogP contribution is 2.15. The molecule has 0 heterocycles. The lowest BCUT2D eigenvalue weighted by Gasteiger charge is -2.03. The minimum Gasteiger partial charge on any atom is -0.396 e. The average Bonchev–Trinajstić information content (AvgIpc) is 2.35. The fourth-order valence-corrected chi connectivity index (χ4v) is 3.40. The third kappa shape index (κ3) is 7.74. The molecule has 0 atom stereocenters. The molecule has 0 amide bonds. The summed E-state index contributed by atoms with van der Waals surface area (Å²) in [6.45, 7) is 2.45. The van der Waals surface area contributed by atoms with Gasteiger partial charge in [0, 0.05) is 12.4 Å². The van der Waals surface area contributed by atoms with Gasteiger partial charge < -0.3 is 5.11 Å². The van der Waals surface area contributed by atoms with Gasteiger partial charge in [-0.2, -0.15) is 23.5 Å². The Morgan fingerprint density at radius 1 is 0.941 bits per heavy atom. The molecule has 96 valence electrons. The van der Waals surface area contributed by atoms with Gasteiger partial charge in [-0.1, -0.05) is 29.8 Å². The summed E-state index contributed by atoms with van der Waals surface area (Å²) in [5.74, 6) is 4.68. The summed E-state index contributed by atoms with van der Waals surface area (Å²) < 4.78 is 0. The first-order valence-corrected chi connectivity index (χ1v) is 8.46. The Morgan fingerprint density at radius 2 is 1.59 bits per heavy atom. The quantitative estimate of drug-likeness (QED) is 0.690. The number of hydrogen-bond acceptors (Lipinski definition) is 3. The van der Waals surface area contributed by atoms with E-state index in [4.69, 9.17) is 5.11 Å². The zero-order valence-corrected chi connectivity index (χ0v) is 12.2. The normalized spacial score (nSPS) is 10.7. The summed E-state index contributed by atoms with van der Waals surface area (Å²) in [5, 5.41) is 8.64. The number of benzene rings is 1. The van der Waals surface area contributed by atoms with Gasteiger partial charge in [0.1, 0.15) is 0 Å². The maximum Gasteiger partial charge on any atom is 0.0438 e. The van der Waals surface area contributed by atoms with E-state index in [1.54, 1.807) is 0 Å². The summed E-state index contributed by atoms with van der Waals surface area (Å²) in [6.07, 6.45) is 2.20. The zero-order valence-electron chi connectivity index (χ0n) is 10.5. The van der Waals surface area contributed by atoms with Gasteiger partial charge in [-0.05, 0) is 42.6 Å². The first-order chi connectivity index (χ1) is 8.33. The van der Waals surface area contributed by atoms with Gasteiger partial charge in [0.2, 0.25) is 0 Å². The smallest absolute Gasteiger partial charge is 0.0438 e. The van der Waals surface area contributed by atoms with Crippen molar-refractivity contribution in [3.05, 3.63) is 35.4 Å². The molecule has 0 aliphatic carbocycles. The van der Waals surface area contributed by atoms with Crippen molar-refractivity contribution in [2.75, 3.05) is 23.9 Å². The predicted molar refractivity (Wildman–Crippen MR) is 81.0 cm³/mol. The van der Waals surface area contributed by atoms with Crippen LogP contribution in [-0.2, 0) is 5.75 Å². The van der Waals surface area contributed by atoms with Crippen LogP contribution in [0.5, 0.6) is 0 Å². The summed E-state index contributed by atoms with van der Waals surface area (Å²) in [4.78, 5) is 0. The molecule has 0 aliphatic heterocycles. The van der Waals surface area contributed by atoms with Crippen LogP contribution in [0.2, 0.25) is 0 Å². The van der Waals surface area contributed by atoms with E-state index >= 15 is 0 Å². The second-order valence-corrected chi connectivity index (χ2v) is 6.41. The fraction of sp³-hybridized carbons (Fsp3) is 0.571. The highest BCUT2D eigenvalue weighted by molar-refractivity contribution is 7.99. The molecule has 0 aliphatic rings. The second-order valence-electron chi connectivity index (χ2n) is 4.08. The van der Waals surface area contributed by atoms with Gasteiger partial charge in [0.05, 0.1) is 0 Å². The SMILES string of the molecule is Cc1ccc(CSCCCSCCCO)cc1. The molecule has 0 spiro atoms. The van der Waals surface area contributed by atoms with Crippen LogP contribution in [0.3, 0.4) is 0 Å². The molecule has 1 rings (SSSR count). The van der Waals surface area contributed by atoms with Gasteiger partial charge in [-0.15, -0.1) is 0 Å². The first-order valence-electron chi connectivity index (χ1n) is 6.15. The van der Waals surface area contributed by atoms with Crippen molar-refractivity contribution in [3.8, 4) is 0 Å². The van der Waals surface area contributed by atoms with Gasteiger partial charge in [0.15, 0.2) is 0 Å². The van der Waals surface area contributed by atoms with Crippen LogP contribution in [-0.4, -0.2) is 29.0 Å². The van der Waals surface area contributed by atoms with Crippen LogP contribution in [0.15, 0.2) is 24.3 Å². The largest absolute Gasteiger partial charge is 0.396 e. The number of hydrogen-bond donors (Lipinski definition) is 1. The topological polar surface area (TPSA) is 20.2 Å². The minimum absolute atomic E-state index is 0.329. The number of aryl methyl sites for hydroxylation is 1. The molecular weight excluding hydrogens is 248 g/mol. The third-order valence-electron chi connectivity index (χ3n) is 2.41. The molecule has 1 nitrogen and oxygen atoms in total. The molecule has 0 saturated carbocycles. The molecule has 0 saturated heterocycles. The Bertz CT molecular complexity index is 285. The third-order valence-corrected chi connectivity index (χ3v) is 4.68. The Labute approximate surface area is 113 Å². The van der Waals surface area contributed by atoms with E-state index in [-0.39, 0.29) is 0 Å². The molecule has 17 heavy (non-hydrogen) atoms. The van der Waals surface area contributed by atoms with Crippen molar-refractivity contribution in [1.29, 1.82) is 0 Å². The average molecular weight is 270 g/mol. The van der Waals surface area contributed by atoms with Crippen molar-refractivity contribution in [3.63, 3.8) is 0 Å². The molecule has 0 unspecified atom stereocenters. The first kappa shape index (κ1) is 14.9. The molecule has 0 fully saturated rings. The van der Waals surface area contributed by atoms with Crippen LogP contribution >= 0.6 is 23.5 Å². The van der Waals surface area contributed by atoms with E-state index < -0.39 is 0 Å². The summed E-state index contributed by atoms with van der Waals surface area (Å²) in [5.41, 5.74) is 2.76.